The van der Waals surface area contributed by atoms with Crippen molar-refractivity contribution in [1.82, 2.24) is 4.98 Å². The lowest BCUT2D eigenvalue weighted by Crippen LogP contribution is -2.62. The first-order chi connectivity index (χ1) is 20.9. The molecule has 44 heavy (non-hydrogen) atoms. The van der Waals surface area contributed by atoms with Gasteiger partial charge in [-0.25, -0.2) is 4.79 Å². The van der Waals surface area contributed by atoms with Gasteiger partial charge in [0.25, 0.3) is 0 Å². The Kier molecular flexibility index (Phi) is 8.78. The van der Waals surface area contributed by atoms with Crippen LogP contribution in [0.5, 0.6) is 0 Å². The molecule has 0 radical (unpaired) electrons. The van der Waals surface area contributed by atoms with E-state index in [4.69, 9.17) is 35.3 Å². The fourth-order valence-corrected chi connectivity index (χ4v) is 5.74. The van der Waals surface area contributed by atoms with Crippen LogP contribution < -0.4 is 0 Å². The number of aromatic amines is 1. The molecule has 5 rings (SSSR count). The van der Waals surface area contributed by atoms with E-state index < -0.39 is 60.2 Å². The van der Waals surface area contributed by atoms with Gasteiger partial charge in [0, 0.05) is 43.4 Å². The van der Waals surface area contributed by atoms with Gasteiger partial charge < -0.3 is 38.6 Å². The summed E-state index contributed by atoms with van der Waals surface area (Å²) >= 11 is 6.59. The molecule has 13 heteroatoms. The molecule has 1 aliphatic carbocycles. The number of aldehydes is 1. The molecule has 2 aromatic carbocycles. The zero-order chi connectivity index (χ0) is 31.8. The number of esters is 4. The molecule has 2 aliphatic rings. The number of carbonyl (C=O) groups excluding carboxylic acids is 5. The van der Waals surface area contributed by atoms with E-state index in [1.807, 2.05) is 24.3 Å². The maximum absolute atomic E-state index is 13.5. The molecule has 1 saturated heterocycles. The van der Waals surface area contributed by atoms with Crippen molar-refractivity contribution < 1.29 is 52.8 Å². The number of ether oxygens (including phenoxy) is 5. The Morgan fingerprint density at radius 1 is 0.932 bits per heavy atom. The van der Waals surface area contributed by atoms with E-state index in [0.717, 1.165) is 38.3 Å². The normalized spacial score (nSPS) is 24.1. The second-order valence-electron chi connectivity index (χ2n) is 10.8. The maximum Gasteiger partial charge on any atom is 0.342 e. The van der Waals surface area contributed by atoms with Crippen molar-refractivity contribution in [2.45, 2.75) is 76.3 Å². The molecule has 12 nitrogen and oxygen atoms in total. The van der Waals surface area contributed by atoms with Crippen molar-refractivity contribution in [1.29, 1.82) is 0 Å². The van der Waals surface area contributed by atoms with Gasteiger partial charge in [0.15, 0.2) is 24.6 Å². The molecule has 2 heterocycles. The second-order valence-corrected chi connectivity index (χ2v) is 11.2. The van der Waals surface area contributed by atoms with Crippen molar-refractivity contribution in [2.24, 2.45) is 0 Å². The highest BCUT2D eigenvalue weighted by molar-refractivity contribution is 6.34. The van der Waals surface area contributed by atoms with Crippen LogP contribution in [-0.2, 0) is 48.5 Å². The molecule has 5 atom stereocenters. The van der Waals surface area contributed by atoms with Crippen LogP contribution in [0.3, 0.4) is 0 Å². The van der Waals surface area contributed by atoms with E-state index in [0.29, 0.717) is 40.6 Å². The fourth-order valence-electron chi connectivity index (χ4n) is 5.47. The van der Waals surface area contributed by atoms with Crippen LogP contribution in [0.2, 0.25) is 5.02 Å². The Labute approximate surface area is 256 Å². The standard InChI is InChI=1S/C31H30ClNO11/c1-15(35)40-26-25(14-34)43-30(28(42-17(3)37)27(26)41-16(2)36)44-29(38)22-13-33-24-12-23(32)20(11-21(22)24)18-5-7-19(8-6-18)31(39)9-4-10-31/h5-8,11-14,25-28,30,33,39H,4,9-10H2,1-3H3/t25-,26-,27+,28-,30+/m1/s1. The van der Waals surface area contributed by atoms with Gasteiger partial charge in [0.1, 0.15) is 0 Å². The first kappa shape index (κ1) is 31.2. The molecule has 0 amide bonds. The zero-order valence-electron chi connectivity index (χ0n) is 24.0. The Morgan fingerprint density at radius 2 is 1.55 bits per heavy atom. The number of benzene rings is 2. The monoisotopic (exact) mass is 627 g/mol. The molecule has 0 bridgehead atoms. The highest BCUT2D eigenvalue weighted by Crippen LogP contribution is 2.42. The molecule has 232 valence electrons. The molecule has 1 saturated carbocycles. The Balaban J connectivity index is 1.46. The molecule has 0 unspecified atom stereocenters. The molecular formula is C31H30ClNO11. The summed E-state index contributed by atoms with van der Waals surface area (Å²) in [7, 11) is 0. The van der Waals surface area contributed by atoms with Crippen LogP contribution in [-0.4, -0.2) is 71.0 Å². The van der Waals surface area contributed by atoms with E-state index in [2.05, 4.69) is 4.98 Å². The molecular weight excluding hydrogens is 598 g/mol. The number of rotatable bonds is 8. The van der Waals surface area contributed by atoms with Gasteiger partial charge in [-0.3, -0.25) is 14.4 Å². The molecule has 1 aromatic heterocycles. The predicted octanol–water partition coefficient (Wildman–Crippen LogP) is 3.74. The van der Waals surface area contributed by atoms with Crippen LogP contribution >= 0.6 is 11.6 Å². The number of halogens is 1. The Bertz CT molecular complexity index is 1610. The second kappa shape index (κ2) is 12.4. The number of carbonyl (C=O) groups is 5. The number of aliphatic hydroxyl groups is 1. The van der Waals surface area contributed by atoms with E-state index in [1.54, 1.807) is 12.1 Å². The SMILES string of the molecule is CC(=O)O[C@@H]1[C@@H](OC(C)=O)[C@H](OC(=O)c2c[nH]c3cc(Cl)c(-c4ccc(C5(O)CCC5)cc4)cc23)O[C@H](C=O)[C@H]1OC(C)=O. The minimum Gasteiger partial charge on any atom is -0.455 e. The molecule has 2 fully saturated rings. The largest absolute Gasteiger partial charge is 0.455 e. The van der Waals surface area contributed by atoms with Crippen LogP contribution in [0.25, 0.3) is 22.0 Å². The highest BCUT2D eigenvalue weighted by Gasteiger charge is 2.53. The summed E-state index contributed by atoms with van der Waals surface area (Å²) < 4.78 is 27.0. The number of hydrogen-bond donors (Lipinski definition) is 2. The fraction of sp³-hybridized carbons (Fsp3) is 0.387. The first-order valence-electron chi connectivity index (χ1n) is 13.9. The van der Waals surface area contributed by atoms with Gasteiger partial charge in [0.2, 0.25) is 12.4 Å². The summed E-state index contributed by atoms with van der Waals surface area (Å²) in [6, 6.07) is 10.7. The number of aromatic nitrogens is 1. The van der Waals surface area contributed by atoms with Gasteiger partial charge in [-0.05, 0) is 42.5 Å². The number of H-pyrrole nitrogens is 1. The van der Waals surface area contributed by atoms with E-state index in [-0.39, 0.29) is 5.56 Å². The molecule has 3 aromatic rings. The lowest BCUT2D eigenvalue weighted by atomic mass is 9.75. The van der Waals surface area contributed by atoms with Crippen LogP contribution in [0, 0.1) is 0 Å². The van der Waals surface area contributed by atoms with Crippen molar-refractivity contribution >= 4 is 52.7 Å². The number of nitrogens with one attached hydrogen (secondary N) is 1. The molecule has 0 spiro atoms. The lowest BCUT2D eigenvalue weighted by molar-refractivity contribution is -0.282. The molecule has 1 aliphatic heterocycles. The van der Waals surface area contributed by atoms with Gasteiger partial charge in [0.05, 0.1) is 16.2 Å². The Morgan fingerprint density at radius 3 is 2.11 bits per heavy atom. The average molecular weight is 628 g/mol. The van der Waals surface area contributed by atoms with E-state index >= 15 is 0 Å². The third-order valence-electron chi connectivity index (χ3n) is 7.70. The average Bonchev–Trinajstić information content (AvgIpc) is 3.36. The van der Waals surface area contributed by atoms with Crippen LogP contribution in [0.15, 0.2) is 42.6 Å². The Hall–Kier alpha value is -4.26. The summed E-state index contributed by atoms with van der Waals surface area (Å²) in [5.41, 5.74) is 1.96. The van der Waals surface area contributed by atoms with Crippen LogP contribution in [0.1, 0.15) is 56.0 Å². The quantitative estimate of drug-likeness (QED) is 0.212. The number of hydrogen-bond acceptors (Lipinski definition) is 11. The summed E-state index contributed by atoms with van der Waals surface area (Å²) in [5.74, 6) is -3.42. The minimum absolute atomic E-state index is 0.0669. The number of fused-ring (bicyclic) bond motifs is 1. The van der Waals surface area contributed by atoms with Crippen molar-refractivity contribution in [2.75, 3.05) is 0 Å². The smallest absolute Gasteiger partial charge is 0.342 e. The third kappa shape index (κ3) is 6.19. The van der Waals surface area contributed by atoms with Gasteiger partial charge in [-0.15, -0.1) is 0 Å². The first-order valence-corrected chi connectivity index (χ1v) is 14.3. The predicted molar refractivity (Wildman–Crippen MR) is 153 cm³/mol. The van der Waals surface area contributed by atoms with Crippen molar-refractivity contribution in [3.05, 3.63) is 58.7 Å². The van der Waals surface area contributed by atoms with Gasteiger partial charge in [-0.2, -0.15) is 0 Å². The summed E-state index contributed by atoms with van der Waals surface area (Å²) in [6.07, 6.45) is -3.78. The third-order valence-corrected chi connectivity index (χ3v) is 8.01. The van der Waals surface area contributed by atoms with E-state index in [9.17, 15) is 29.1 Å². The van der Waals surface area contributed by atoms with Gasteiger partial charge >= 0.3 is 23.9 Å². The lowest BCUT2D eigenvalue weighted by Gasteiger charge is -2.42. The zero-order valence-corrected chi connectivity index (χ0v) is 24.8. The maximum atomic E-state index is 13.5. The minimum atomic E-state index is -1.72. The van der Waals surface area contributed by atoms with Crippen LogP contribution in [0.4, 0.5) is 0 Å². The highest BCUT2D eigenvalue weighted by atomic mass is 35.5. The summed E-state index contributed by atoms with van der Waals surface area (Å²) in [6.45, 7) is 3.21. The molecule has 2 N–H and O–H groups in total. The summed E-state index contributed by atoms with van der Waals surface area (Å²) in [5, 5.41) is 11.5. The van der Waals surface area contributed by atoms with Crippen molar-refractivity contribution in [3.8, 4) is 11.1 Å². The summed E-state index contributed by atoms with van der Waals surface area (Å²) in [4.78, 5) is 64.1. The van der Waals surface area contributed by atoms with Crippen molar-refractivity contribution in [3.63, 3.8) is 0 Å². The van der Waals surface area contributed by atoms with E-state index in [1.165, 1.54) is 6.20 Å². The van der Waals surface area contributed by atoms with Gasteiger partial charge in [-0.1, -0.05) is 35.9 Å². The topological polar surface area (TPSA) is 168 Å².